The first-order chi connectivity index (χ1) is 12.6. The Bertz CT molecular complexity index is 1110. The van der Waals surface area contributed by atoms with Crippen LogP contribution < -0.4 is 0 Å². The van der Waals surface area contributed by atoms with Gasteiger partial charge in [-0.25, -0.2) is 14.6 Å². The van der Waals surface area contributed by atoms with Crippen LogP contribution in [0.1, 0.15) is 55.1 Å². The number of nitriles is 1. The highest BCUT2D eigenvalue weighted by molar-refractivity contribution is 5.81. The molecule has 3 aliphatic carbocycles. The van der Waals surface area contributed by atoms with Crippen LogP contribution in [-0.4, -0.2) is 19.7 Å². The fraction of sp³-hybridized carbons (Fsp3) is 0.429. The largest absolute Gasteiger partial charge is 0.238 e. The molecule has 0 aliphatic heterocycles. The molecule has 3 aliphatic rings. The minimum Gasteiger partial charge on any atom is -0.238 e. The van der Waals surface area contributed by atoms with Crippen molar-refractivity contribution >= 4 is 10.9 Å². The van der Waals surface area contributed by atoms with Gasteiger partial charge < -0.3 is 0 Å². The number of benzene rings is 1. The van der Waals surface area contributed by atoms with Gasteiger partial charge in [-0.05, 0) is 56.1 Å². The molecule has 3 fully saturated rings. The summed E-state index contributed by atoms with van der Waals surface area (Å²) in [6.45, 7) is 2.01. The second-order valence-corrected chi connectivity index (χ2v) is 8.30. The number of aryl methyl sites for hydroxylation is 1. The molecular formula is C21H19N5. The van der Waals surface area contributed by atoms with Gasteiger partial charge >= 0.3 is 0 Å². The van der Waals surface area contributed by atoms with Crippen molar-refractivity contribution in [3.63, 3.8) is 0 Å². The van der Waals surface area contributed by atoms with Gasteiger partial charge in [-0.3, -0.25) is 0 Å². The molecule has 2 aromatic heterocycles. The van der Waals surface area contributed by atoms with Crippen LogP contribution >= 0.6 is 0 Å². The van der Waals surface area contributed by atoms with Crippen LogP contribution in [0.2, 0.25) is 0 Å². The Hall–Kier alpha value is -2.74. The Morgan fingerprint density at radius 3 is 2.73 bits per heavy atom. The Labute approximate surface area is 151 Å². The number of rotatable bonds is 3. The van der Waals surface area contributed by atoms with Crippen LogP contribution in [0, 0.1) is 23.7 Å². The van der Waals surface area contributed by atoms with E-state index in [4.69, 9.17) is 4.98 Å². The third-order valence-corrected chi connectivity index (χ3v) is 6.51. The average Bonchev–Trinajstić information content (AvgIpc) is 3.56. The van der Waals surface area contributed by atoms with Crippen molar-refractivity contribution in [2.24, 2.45) is 5.41 Å². The van der Waals surface area contributed by atoms with Crippen LogP contribution in [0.15, 0.2) is 30.5 Å². The molecular weight excluding hydrogens is 322 g/mol. The first kappa shape index (κ1) is 14.4. The zero-order valence-corrected chi connectivity index (χ0v) is 14.7. The van der Waals surface area contributed by atoms with Crippen molar-refractivity contribution in [3.8, 4) is 11.9 Å². The highest BCUT2D eigenvalue weighted by Gasteiger charge is 2.75. The summed E-state index contributed by atoms with van der Waals surface area (Å²) in [5, 5.41) is 15.5. The molecule has 3 saturated carbocycles. The van der Waals surface area contributed by atoms with Crippen molar-refractivity contribution < 1.29 is 0 Å². The van der Waals surface area contributed by atoms with E-state index in [2.05, 4.69) is 34.4 Å². The maximum absolute atomic E-state index is 9.84. The summed E-state index contributed by atoms with van der Waals surface area (Å²) in [5.41, 5.74) is 3.13. The van der Waals surface area contributed by atoms with Crippen molar-refractivity contribution in [2.45, 2.75) is 50.4 Å². The second kappa shape index (κ2) is 4.50. The van der Waals surface area contributed by atoms with Gasteiger partial charge in [-0.15, -0.1) is 0 Å². The molecule has 0 saturated heterocycles. The van der Waals surface area contributed by atoms with Gasteiger partial charge in [0, 0.05) is 23.1 Å². The maximum Gasteiger partial charge on any atom is 0.157 e. The van der Waals surface area contributed by atoms with E-state index in [9.17, 15) is 5.26 Å². The summed E-state index contributed by atoms with van der Waals surface area (Å²) >= 11 is 0. The Morgan fingerprint density at radius 2 is 2.04 bits per heavy atom. The lowest BCUT2D eigenvalue weighted by atomic mass is 9.93. The molecule has 0 N–H and O–H groups in total. The average molecular weight is 341 g/mol. The van der Waals surface area contributed by atoms with Crippen LogP contribution in [0.5, 0.6) is 0 Å². The van der Waals surface area contributed by atoms with Crippen molar-refractivity contribution in [1.29, 1.82) is 5.26 Å². The van der Waals surface area contributed by atoms with E-state index >= 15 is 0 Å². The number of fused-ring (bicyclic) bond motifs is 1. The van der Waals surface area contributed by atoms with Crippen LogP contribution in [0.4, 0.5) is 0 Å². The van der Waals surface area contributed by atoms with E-state index in [0.717, 1.165) is 40.2 Å². The van der Waals surface area contributed by atoms with E-state index in [1.54, 1.807) is 0 Å². The smallest absolute Gasteiger partial charge is 0.157 e. The minimum absolute atomic E-state index is 0.269. The first-order valence-electron chi connectivity index (χ1n) is 9.40. The van der Waals surface area contributed by atoms with Crippen molar-refractivity contribution in [1.82, 2.24) is 19.7 Å². The topological polar surface area (TPSA) is 67.4 Å². The summed E-state index contributed by atoms with van der Waals surface area (Å²) < 4.78 is 1.91. The Balaban J connectivity index is 1.51. The molecule has 0 unspecified atom stereocenters. The number of hydrogen-bond donors (Lipinski definition) is 0. The minimum atomic E-state index is -0.281. The van der Waals surface area contributed by atoms with Gasteiger partial charge in [-0.2, -0.15) is 10.4 Å². The number of hydrogen-bond acceptors (Lipinski definition) is 4. The van der Waals surface area contributed by atoms with Crippen molar-refractivity contribution in [3.05, 3.63) is 47.5 Å². The van der Waals surface area contributed by atoms with E-state index in [0.29, 0.717) is 5.92 Å². The highest BCUT2D eigenvalue weighted by Crippen LogP contribution is 2.78. The number of nitrogens with zero attached hydrogens (tertiary/aromatic N) is 5. The van der Waals surface area contributed by atoms with Crippen LogP contribution in [-0.2, 0) is 5.41 Å². The van der Waals surface area contributed by atoms with Gasteiger partial charge in [0.1, 0.15) is 5.82 Å². The molecule has 0 amide bonds. The zero-order valence-electron chi connectivity index (χ0n) is 14.7. The van der Waals surface area contributed by atoms with Gasteiger partial charge in [0.15, 0.2) is 5.82 Å². The molecule has 2 heterocycles. The monoisotopic (exact) mass is 341 g/mol. The summed E-state index contributed by atoms with van der Waals surface area (Å²) in [7, 11) is 0. The van der Waals surface area contributed by atoms with Gasteiger partial charge in [0.05, 0.1) is 23.2 Å². The Kier molecular flexibility index (Phi) is 2.50. The molecule has 1 atom stereocenters. The van der Waals surface area contributed by atoms with E-state index in [1.165, 1.54) is 25.7 Å². The fourth-order valence-corrected chi connectivity index (χ4v) is 4.52. The highest BCUT2D eigenvalue weighted by atomic mass is 15.3. The molecule has 1 aromatic carbocycles. The van der Waals surface area contributed by atoms with E-state index < -0.39 is 0 Å². The molecule has 3 aromatic rings. The molecule has 6 rings (SSSR count). The summed E-state index contributed by atoms with van der Waals surface area (Å²) in [4.78, 5) is 9.38. The standard InChI is InChI=1S/C21H19N5/c1-13-8-18(25-19(24-13)14-2-3-14)26-17-9-16(5-4-15(17)10-23-26)21(12-22)11-20(21)6-7-20/h4-5,8-10,14H,2-3,6-7,11H2,1H3/t21-/m1/s1. The molecule has 1 spiro atoms. The summed E-state index contributed by atoms with van der Waals surface area (Å²) in [6.07, 6.45) is 7.63. The predicted molar refractivity (Wildman–Crippen MR) is 96.9 cm³/mol. The van der Waals surface area contributed by atoms with Crippen LogP contribution in [0.3, 0.4) is 0 Å². The molecule has 0 bridgehead atoms. The van der Waals surface area contributed by atoms with Gasteiger partial charge in [0.2, 0.25) is 0 Å². The molecule has 5 nitrogen and oxygen atoms in total. The number of aromatic nitrogens is 4. The van der Waals surface area contributed by atoms with Crippen molar-refractivity contribution in [2.75, 3.05) is 0 Å². The molecule has 128 valence electrons. The quantitative estimate of drug-likeness (QED) is 0.723. The second-order valence-electron chi connectivity index (χ2n) is 8.30. The molecule has 0 radical (unpaired) electrons. The third kappa shape index (κ3) is 1.82. The van der Waals surface area contributed by atoms with Crippen LogP contribution in [0.25, 0.3) is 16.7 Å². The lowest BCUT2D eigenvalue weighted by Crippen LogP contribution is -2.08. The zero-order chi connectivity index (χ0) is 17.5. The first-order valence-corrected chi connectivity index (χ1v) is 9.40. The Morgan fingerprint density at radius 1 is 1.19 bits per heavy atom. The molecule has 5 heteroatoms. The fourth-order valence-electron chi connectivity index (χ4n) is 4.52. The summed E-state index contributed by atoms with van der Waals surface area (Å²) in [6, 6.07) is 11.0. The summed E-state index contributed by atoms with van der Waals surface area (Å²) in [5.74, 6) is 2.27. The predicted octanol–water partition coefficient (Wildman–Crippen LogP) is 3.95. The maximum atomic E-state index is 9.84. The lowest BCUT2D eigenvalue weighted by Gasteiger charge is -2.10. The van der Waals surface area contributed by atoms with E-state index in [-0.39, 0.29) is 10.8 Å². The van der Waals surface area contributed by atoms with Gasteiger partial charge in [-0.1, -0.05) is 12.1 Å². The third-order valence-electron chi connectivity index (χ3n) is 6.51. The van der Waals surface area contributed by atoms with E-state index in [1.807, 2.05) is 23.9 Å². The van der Waals surface area contributed by atoms with Gasteiger partial charge in [0.25, 0.3) is 0 Å². The molecule has 26 heavy (non-hydrogen) atoms. The normalized spacial score (nSPS) is 25.4. The lowest BCUT2D eigenvalue weighted by molar-refractivity contribution is 0.737. The SMILES string of the molecule is Cc1cc(-n2ncc3ccc([C@]4(C#N)CC45CC5)cc32)nc(C2CC2)n1.